The molecule has 0 aliphatic heterocycles. The van der Waals surface area contributed by atoms with Gasteiger partial charge in [0.05, 0.1) is 19.1 Å². The van der Waals surface area contributed by atoms with Crippen LogP contribution in [0.4, 0.5) is 0 Å². The van der Waals surface area contributed by atoms with E-state index >= 15 is 0 Å². The molecule has 2 aromatic carbocycles. The first-order chi connectivity index (χ1) is 18.2. The summed E-state index contributed by atoms with van der Waals surface area (Å²) in [7, 11) is -1.68. The van der Waals surface area contributed by atoms with Crippen molar-refractivity contribution in [1.29, 1.82) is 0 Å². The quantitative estimate of drug-likeness (QED) is 0.344. The Labute approximate surface area is 219 Å². The number of aryl methyl sites for hydroxylation is 1. The van der Waals surface area contributed by atoms with Crippen molar-refractivity contribution in [3.8, 4) is 28.8 Å². The summed E-state index contributed by atoms with van der Waals surface area (Å²) >= 11 is 0. The molecule has 4 aromatic rings. The van der Waals surface area contributed by atoms with E-state index in [1.807, 2.05) is 6.92 Å². The number of hydrogen-bond acceptors (Lipinski definition) is 8. The maximum absolute atomic E-state index is 13.7. The number of unbranched alkanes of at least 4 members (excludes halogenated alkanes) is 1. The summed E-state index contributed by atoms with van der Waals surface area (Å²) in [5, 5.41) is 11.4. The molecule has 0 spiro atoms. The molecule has 0 saturated carbocycles. The molecule has 0 saturated heterocycles. The fourth-order valence-corrected chi connectivity index (χ4v) is 5.44. The van der Waals surface area contributed by atoms with E-state index in [1.54, 1.807) is 36.5 Å². The van der Waals surface area contributed by atoms with Gasteiger partial charge in [-0.1, -0.05) is 25.5 Å². The van der Waals surface area contributed by atoms with Crippen molar-refractivity contribution in [2.75, 3.05) is 14.2 Å². The Kier molecular flexibility index (Phi) is 7.67. The molecule has 0 atom stereocenters. The van der Waals surface area contributed by atoms with Gasteiger partial charge in [-0.2, -0.15) is 4.98 Å². The molecular weight excluding hydrogens is 510 g/mol. The highest BCUT2D eigenvalue weighted by atomic mass is 32.2. The van der Waals surface area contributed by atoms with Crippen LogP contribution in [0.5, 0.6) is 17.4 Å². The SMILES string of the molecule is CCCCc1nc(=O)c(S(=O)(=O)c2ccc(-n3ccccc3=O)cc2)c(O)n1-c1c(OC)cccc1OC. The molecule has 0 unspecified atom stereocenters. The average Bonchev–Trinajstić information content (AvgIpc) is 2.91. The third-order valence-corrected chi connectivity index (χ3v) is 7.78. The highest BCUT2D eigenvalue weighted by molar-refractivity contribution is 7.91. The van der Waals surface area contributed by atoms with Crippen LogP contribution in [-0.2, 0) is 16.3 Å². The van der Waals surface area contributed by atoms with Crippen LogP contribution in [0.1, 0.15) is 25.6 Å². The molecule has 2 aromatic heterocycles. The van der Waals surface area contributed by atoms with Crippen LogP contribution < -0.4 is 20.6 Å². The Balaban J connectivity index is 1.94. The van der Waals surface area contributed by atoms with E-state index in [-0.39, 0.29) is 33.5 Å². The lowest BCUT2D eigenvalue weighted by Crippen LogP contribution is -2.25. The van der Waals surface area contributed by atoms with Gasteiger partial charge in [-0.15, -0.1) is 0 Å². The summed E-state index contributed by atoms with van der Waals surface area (Å²) in [5.41, 5.74) is -0.727. The molecule has 1 N–H and O–H groups in total. The molecular formula is C27H27N3O7S. The highest BCUT2D eigenvalue weighted by Gasteiger charge is 2.31. The minimum absolute atomic E-state index is 0.162. The Bertz CT molecular complexity index is 1670. The maximum Gasteiger partial charge on any atom is 0.296 e. The Hall–Kier alpha value is -4.38. The predicted octanol–water partition coefficient (Wildman–Crippen LogP) is 3.28. The summed E-state index contributed by atoms with van der Waals surface area (Å²) < 4.78 is 40.8. The first kappa shape index (κ1) is 26.7. The molecule has 198 valence electrons. The van der Waals surface area contributed by atoms with E-state index in [0.29, 0.717) is 18.5 Å². The van der Waals surface area contributed by atoms with Gasteiger partial charge < -0.3 is 14.6 Å². The average molecular weight is 538 g/mol. The predicted molar refractivity (Wildman–Crippen MR) is 141 cm³/mol. The van der Waals surface area contributed by atoms with Gasteiger partial charge in [0, 0.05) is 24.4 Å². The summed E-state index contributed by atoms with van der Waals surface area (Å²) in [6, 6.07) is 15.0. The summed E-state index contributed by atoms with van der Waals surface area (Å²) in [6.45, 7) is 1.96. The molecule has 38 heavy (non-hydrogen) atoms. The number of methoxy groups -OCH3 is 2. The lowest BCUT2D eigenvalue weighted by Gasteiger charge is -2.21. The second kappa shape index (κ2) is 10.9. The van der Waals surface area contributed by atoms with Gasteiger partial charge in [0.25, 0.3) is 11.1 Å². The van der Waals surface area contributed by atoms with Crippen LogP contribution in [-0.4, -0.2) is 41.9 Å². The van der Waals surface area contributed by atoms with Gasteiger partial charge in [-0.3, -0.25) is 18.7 Å². The number of ether oxygens (including phenoxy) is 2. The second-order valence-electron chi connectivity index (χ2n) is 8.34. The molecule has 0 aliphatic carbocycles. The first-order valence-electron chi connectivity index (χ1n) is 11.8. The van der Waals surface area contributed by atoms with Gasteiger partial charge in [-0.25, -0.2) is 8.42 Å². The Morgan fingerprint density at radius 2 is 1.58 bits per heavy atom. The molecule has 0 aliphatic rings. The molecule has 11 heteroatoms. The van der Waals surface area contributed by atoms with Gasteiger partial charge in [0.15, 0.2) is 4.90 Å². The van der Waals surface area contributed by atoms with Crippen LogP contribution >= 0.6 is 0 Å². The third kappa shape index (κ3) is 4.80. The monoisotopic (exact) mass is 537 g/mol. The smallest absolute Gasteiger partial charge is 0.296 e. The molecule has 4 rings (SSSR count). The first-order valence-corrected chi connectivity index (χ1v) is 13.3. The van der Waals surface area contributed by atoms with Crippen LogP contribution in [0.25, 0.3) is 11.4 Å². The maximum atomic E-state index is 13.7. The normalized spacial score (nSPS) is 11.3. The van der Waals surface area contributed by atoms with E-state index in [2.05, 4.69) is 4.98 Å². The van der Waals surface area contributed by atoms with Crippen LogP contribution in [0, 0.1) is 0 Å². The lowest BCUT2D eigenvalue weighted by molar-refractivity contribution is 0.374. The number of nitrogens with zero attached hydrogens (tertiary/aromatic N) is 3. The van der Waals surface area contributed by atoms with E-state index in [4.69, 9.17) is 9.47 Å². The Morgan fingerprint density at radius 3 is 2.16 bits per heavy atom. The lowest BCUT2D eigenvalue weighted by atomic mass is 10.2. The van der Waals surface area contributed by atoms with Gasteiger partial charge in [-0.05, 0) is 48.9 Å². The topological polar surface area (TPSA) is 130 Å². The zero-order valence-corrected chi connectivity index (χ0v) is 21.9. The van der Waals surface area contributed by atoms with E-state index in [1.165, 1.54) is 53.7 Å². The molecule has 0 fully saturated rings. The number of aromatic hydroxyl groups is 1. The Morgan fingerprint density at radius 1 is 0.921 bits per heavy atom. The van der Waals surface area contributed by atoms with Gasteiger partial charge >= 0.3 is 0 Å². The van der Waals surface area contributed by atoms with Crippen molar-refractivity contribution >= 4 is 9.84 Å². The van der Waals surface area contributed by atoms with Crippen LogP contribution in [0.15, 0.2) is 86.2 Å². The van der Waals surface area contributed by atoms with Gasteiger partial charge in [0.2, 0.25) is 15.7 Å². The molecule has 10 nitrogen and oxygen atoms in total. The number of hydrogen-bond donors (Lipinski definition) is 1. The molecule has 0 amide bonds. The summed E-state index contributed by atoms with van der Waals surface area (Å²) in [5.74, 6) is -0.0788. The molecule has 0 bridgehead atoms. The third-order valence-electron chi connectivity index (χ3n) is 5.99. The van der Waals surface area contributed by atoms with Crippen LogP contribution in [0.3, 0.4) is 0 Å². The highest BCUT2D eigenvalue weighted by Crippen LogP contribution is 2.38. The summed E-state index contributed by atoms with van der Waals surface area (Å²) in [4.78, 5) is 28.2. The van der Waals surface area contributed by atoms with Crippen molar-refractivity contribution in [3.05, 3.63) is 93.4 Å². The minimum atomic E-state index is -4.53. The molecule has 2 heterocycles. The summed E-state index contributed by atoms with van der Waals surface area (Å²) in [6.07, 6.45) is 3.25. The van der Waals surface area contributed by atoms with E-state index in [0.717, 1.165) is 6.42 Å². The number of sulfone groups is 1. The second-order valence-corrected chi connectivity index (χ2v) is 10.2. The number of para-hydroxylation sites is 1. The largest absolute Gasteiger partial charge is 0.494 e. The van der Waals surface area contributed by atoms with Crippen molar-refractivity contribution in [2.24, 2.45) is 0 Å². The van der Waals surface area contributed by atoms with E-state index in [9.17, 15) is 23.1 Å². The number of rotatable bonds is 9. The van der Waals surface area contributed by atoms with E-state index < -0.39 is 26.2 Å². The zero-order chi connectivity index (χ0) is 27.4. The van der Waals surface area contributed by atoms with Crippen molar-refractivity contribution in [3.63, 3.8) is 0 Å². The van der Waals surface area contributed by atoms with Crippen LogP contribution in [0.2, 0.25) is 0 Å². The van der Waals surface area contributed by atoms with Gasteiger partial charge in [0.1, 0.15) is 23.0 Å². The van der Waals surface area contributed by atoms with Crippen molar-refractivity contribution in [2.45, 2.75) is 36.0 Å². The number of pyridine rings is 1. The standard InChI is InChI=1S/C27H27N3O7S/c1-4-5-11-22-28-26(32)25(27(33)30(22)24-20(36-2)9-8-10-21(24)37-3)38(34,35)19-15-13-18(14-16-19)29-17-7-6-12-23(29)31/h6-10,12-17,33H,4-5,11H2,1-3H3. The molecule has 0 radical (unpaired) electrons. The fraction of sp³-hybridized carbons (Fsp3) is 0.222. The van der Waals surface area contributed by atoms with Crippen molar-refractivity contribution < 1.29 is 23.0 Å². The zero-order valence-electron chi connectivity index (χ0n) is 21.1. The minimum Gasteiger partial charge on any atom is -0.494 e. The fourth-order valence-electron chi connectivity index (χ4n) is 4.11. The number of aromatic nitrogens is 3. The number of benzene rings is 2. The van der Waals surface area contributed by atoms with Crippen molar-refractivity contribution in [1.82, 2.24) is 14.1 Å².